The van der Waals surface area contributed by atoms with Gasteiger partial charge in [0.15, 0.2) is 0 Å². The lowest BCUT2D eigenvalue weighted by Gasteiger charge is -2.37. The summed E-state index contributed by atoms with van der Waals surface area (Å²) in [7, 11) is 0. The Morgan fingerprint density at radius 2 is 0.636 bits per heavy atom. The molecule has 0 saturated carbocycles. The summed E-state index contributed by atoms with van der Waals surface area (Å²) in [5, 5.41) is 18.3. The zero-order chi connectivity index (χ0) is 27.3. The molecule has 0 spiro atoms. The minimum atomic E-state index is -7.48. The van der Waals surface area contributed by atoms with Gasteiger partial charge in [0.05, 0.1) is 0 Å². The van der Waals surface area contributed by atoms with Crippen LogP contribution in [0.3, 0.4) is 0 Å². The van der Waals surface area contributed by atoms with E-state index in [9.17, 15) is 79.0 Å². The zero-order valence-electron chi connectivity index (χ0n) is 14.8. The van der Waals surface area contributed by atoms with Crippen LogP contribution >= 0.6 is 0 Å². The van der Waals surface area contributed by atoms with Crippen LogP contribution in [0.5, 0.6) is 0 Å². The quantitative estimate of drug-likeness (QED) is 0.363. The van der Waals surface area contributed by atoms with Gasteiger partial charge in [0, 0.05) is 13.1 Å². The Bertz CT molecular complexity index is 612. The smallest absolute Gasteiger partial charge is 0.385 e. The lowest BCUT2D eigenvalue weighted by Crippen LogP contribution is -2.66. The molecule has 0 aliphatic rings. The Morgan fingerprint density at radius 1 is 0.424 bits per heavy atom. The van der Waals surface area contributed by atoms with Gasteiger partial charge in [0.25, 0.3) is 0 Å². The number of rotatable bonds is 10. The first-order valence-corrected chi connectivity index (χ1v) is 7.52. The van der Waals surface area contributed by atoms with Gasteiger partial charge in [0.1, 0.15) is 12.2 Å². The van der Waals surface area contributed by atoms with Crippen molar-refractivity contribution in [2.24, 2.45) is 0 Å². The SMILES string of the molecule is OC(CNCC(O)C(F)(F)C(F)(F)C(F)(F)C(F)(F)F)C(F)(F)C(F)(F)C(F)(F)C(F)(F)F. The largest absolute Gasteiger partial charge is 0.460 e. The van der Waals surface area contributed by atoms with Crippen molar-refractivity contribution in [3.05, 3.63) is 0 Å². The van der Waals surface area contributed by atoms with Gasteiger partial charge in [-0.1, -0.05) is 0 Å². The van der Waals surface area contributed by atoms with Crippen molar-refractivity contribution in [1.29, 1.82) is 0 Å². The predicted octanol–water partition coefficient (Wildman–Crippen LogP) is 4.23. The van der Waals surface area contributed by atoms with E-state index in [-0.39, 0.29) is 0 Å². The van der Waals surface area contributed by atoms with E-state index < -0.39 is 73.2 Å². The van der Waals surface area contributed by atoms with Crippen molar-refractivity contribution in [1.82, 2.24) is 5.32 Å². The molecule has 0 radical (unpaired) electrons. The van der Waals surface area contributed by atoms with Crippen LogP contribution in [-0.2, 0) is 0 Å². The summed E-state index contributed by atoms with van der Waals surface area (Å²) in [6.45, 7) is -4.91. The second-order valence-electron chi connectivity index (χ2n) is 6.23. The molecule has 0 aromatic carbocycles. The molecule has 0 aromatic rings. The standard InChI is InChI=1S/C12H9F18NO2/c13-5(14,7(17,18)9(21,22)11(25,26)27)3(32)1-31-2-4(33)6(15,16)8(19,20)10(23,24)12(28,29)30/h3-4,31-33H,1-2H2. The van der Waals surface area contributed by atoms with Crippen LogP contribution in [0.15, 0.2) is 0 Å². The monoisotopic (exact) mass is 541 g/mol. The van der Waals surface area contributed by atoms with Gasteiger partial charge in [-0.05, 0) is 0 Å². The topological polar surface area (TPSA) is 52.5 Å². The minimum Gasteiger partial charge on any atom is -0.385 e. The van der Waals surface area contributed by atoms with Gasteiger partial charge in [0.2, 0.25) is 0 Å². The van der Waals surface area contributed by atoms with Gasteiger partial charge in [-0.3, -0.25) is 0 Å². The third kappa shape index (κ3) is 5.03. The predicted molar refractivity (Wildman–Crippen MR) is 66.7 cm³/mol. The Labute approximate surface area is 169 Å². The molecule has 0 saturated heterocycles. The number of aliphatic hydroxyl groups excluding tert-OH is 2. The summed E-state index contributed by atoms with van der Waals surface area (Å²) < 4.78 is 227. The molecule has 0 amide bonds. The van der Waals surface area contributed by atoms with Crippen LogP contribution in [0.4, 0.5) is 79.0 Å². The van der Waals surface area contributed by atoms with Crippen LogP contribution in [0.25, 0.3) is 0 Å². The summed E-state index contributed by atoms with van der Waals surface area (Å²) in [5.74, 6) is -43.2. The van der Waals surface area contributed by atoms with Gasteiger partial charge >= 0.3 is 47.9 Å². The van der Waals surface area contributed by atoms with Gasteiger partial charge < -0.3 is 15.5 Å². The van der Waals surface area contributed by atoms with Gasteiger partial charge in [-0.15, -0.1) is 0 Å². The fourth-order valence-electron chi connectivity index (χ4n) is 1.81. The van der Waals surface area contributed by atoms with Crippen molar-refractivity contribution < 1.29 is 89.2 Å². The molecule has 200 valence electrons. The Morgan fingerprint density at radius 3 is 0.818 bits per heavy atom. The normalized spacial score (nSPS) is 17.8. The van der Waals surface area contributed by atoms with Crippen LogP contribution in [-0.4, -0.2) is 83.4 Å². The summed E-state index contributed by atoms with van der Waals surface area (Å²) >= 11 is 0. The van der Waals surface area contributed by atoms with E-state index in [1.807, 2.05) is 0 Å². The van der Waals surface area contributed by atoms with Gasteiger partial charge in [-0.25, -0.2) is 0 Å². The molecule has 0 bridgehead atoms. The number of nitrogens with one attached hydrogen (secondary N) is 1. The maximum atomic E-state index is 13.3. The van der Waals surface area contributed by atoms with E-state index in [0.29, 0.717) is 0 Å². The van der Waals surface area contributed by atoms with Crippen molar-refractivity contribution in [3.8, 4) is 0 Å². The number of hydrogen-bond donors (Lipinski definition) is 3. The number of hydrogen-bond acceptors (Lipinski definition) is 3. The molecule has 0 fully saturated rings. The third-order valence-electron chi connectivity index (χ3n) is 3.85. The highest BCUT2D eigenvalue weighted by Gasteiger charge is 2.84. The molecular weight excluding hydrogens is 532 g/mol. The highest BCUT2D eigenvalue weighted by molar-refractivity contribution is 5.05. The molecule has 0 heterocycles. The molecule has 0 aromatic heterocycles. The summed E-state index contributed by atoms with van der Waals surface area (Å²) in [4.78, 5) is 0. The van der Waals surface area contributed by atoms with E-state index in [4.69, 9.17) is 10.2 Å². The van der Waals surface area contributed by atoms with Crippen LogP contribution < -0.4 is 5.32 Å². The summed E-state index contributed by atoms with van der Waals surface area (Å²) in [6, 6.07) is 0. The zero-order valence-corrected chi connectivity index (χ0v) is 14.8. The highest BCUT2D eigenvalue weighted by Crippen LogP contribution is 2.55. The van der Waals surface area contributed by atoms with Crippen molar-refractivity contribution in [3.63, 3.8) is 0 Å². The average molecular weight is 541 g/mol. The van der Waals surface area contributed by atoms with Crippen LogP contribution in [0.1, 0.15) is 0 Å². The second-order valence-corrected chi connectivity index (χ2v) is 6.23. The minimum absolute atomic E-state index is 0.743. The molecule has 2 atom stereocenters. The molecular formula is C12H9F18NO2. The molecule has 0 aliphatic heterocycles. The van der Waals surface area contributed by atoms with Crippen molar-refractivity contribution >= 4 is 0 Å². The van der Waals surface area contributed by atoms with E-state index in [1.165, 1.54) is 0 Å². The van der Waals surface area contributed by atoms with E-state index in [1.54, 1.807) is 0 Å². The lowest BCUT2D eigenvalue weighted by atomic mass is 9.97. The number of alkyl halides is 18. The second kappa shape index (κ2) is 8.68. The van der Waals surface area contributed by atoms with Crippen molar-refractivity contribution in [2.45, 2.75) is 60.1 Å². The number of aliphatic hydroxyl groups is 2. The maximum absolute atomic E-state index is 13.3. The van der Waals surface area contributed by atoms with Crippen LogP contribution in [0.2, 0.25) is 0 Å². The number of halogens is 18. The van der Waals surface area contributed by atoms with E-state index >= 15 is 0 Å². The average Bonchev–Trinajstić information content (AvgIpc) is 2.58. The van der Waals surface area contributed by atoms with Gasteiger partial charge in [-0.2, -0.15) is 79.0 Å². The first-order chi connectivity index (χ1) is 14.0. The molecule has 33 heavy (non-hydrogen) atoms. The van der Waals surface area contributed by atoms with Crippen molar-refractivity contribution in [2.75, 3.05) is 13.1 Å². The maximum Gasteiger partial charge on any atom is 0.460 e. The first kappa shape index (κ1) is 31.6. The third-order valence-corrected chi connectivity index (χ3v) is 3.85. The Balaban J connectivity index is 5.52. The van der Waals surface area contributed by atoms with Crippen LogP contribution in [0, 0.1) is 0 Å². The molecule has 3 N–H and O–H groups in total. The summed E-state index contributed by atoms with van der Waals surface area (Å²) in [5.41, 5.74) is 0. The fourth-order valence-corrected chi connectivity index (χ4v) is 1.81. The molecule has 3 nitrogen and oxygen atoms in total. The first-order valence-electron chi connectivity index (χ1n) is 7.52. The fraction of sp³-hybridized carbons (Fsp3) is 1.00. The molecule has 0 rings (SSSR count). The lowest BCUT2D eigenvalue weighted by molar-refractivity contribution is -0.406. The summed E-state index contributed by atoms with van der Waals surface area (Å²) in [6.07, 6.45) is -23.3. The Kier molecular flexibility index (Phi) is 8.32. The highest BCUT2D eigenvalue weighted by atomic mass is 19.4. The van der Waals surface area contributed by atoms with E-state index in [0.717, 1.165) is 5.32 Å². The molecule has 21 heteroatoms. The molecule has 2 unspecified atom stereocenters. The Hall–Kier alpha value is -1.38. The van der Waals surface area contributed by atoms with E-state index in [2.05, 4.69) is 0 Å². The molecule has 0 aliphatic carbocycles.